The summed E-state index contributed by atoms with van der Waals surface area (Å²) in [6.07, 6.45) is 2.91. The smallest absolute Gasteiger partial charge is 0.0662 e. The average Bonchev–Trinajstić information content (AvgIpc) is 3.07. The van der Waals surface area contributed by atoms with Crippen LogP contribution in [0.5, 0.6) is 0 Å². The fourth-order valence-electron chi connectivity index (χ4n) is 1.94. The van der Waals surface area contributed by atoms with Gasteiger partial charge in [-0.15, -0.1) is 0 Å². The molecule has 88 valence electrons. The first-order chi connectivity index (χ1) is 7.66. The zero-order chi connectivity index (χ0) is 11.6. The fraction of sp³-hybridized carbons (Fsp3) is 0.538. The van der Waals surface area contributed by atoms with E-state index in [2.05, 4.69) is 39.4 Å². The second kappa shape index (κ2) is 4.86. The lowest BCUT2D eigenvalue weighted by Gasteiger charge is -2.20. The average molecular weight is 284 g/mol. The SMILES string of the molecule is CC[C@@H](O)CNC1(c2cccc(Br)c2)CC1. The minimum Gasteiger partial charge on any atom is -0.392 e. The Bertz CT molecular complexity index is 363. The van der Waals surface area contributed by atoms with Gasteiger partial charge in [-0.25, -0.2) is 0 Å². The number of hydrogen-bond acceptors (Lipinski definition) is 2. The lowest BCUT2D eigenvalue weighted by atomic mass is 10.0. The van der Waals surface area contributed by atoms with Crippen LogP contribution in [0.15, 0.2) is 28.7 Å². The van der Waals surface area contributed by atoms with Gasteiger partial charge in [-0.05, 0) is 37.0 Å². The summed E-state index contributed by atoms with van der Waals surface area (Å²) in [4.78, 5) is 0. The third-order valence-corrected chi connectivity index (χ3v) is 3.77. The van der Waals surface area contributed by atoms with Crippen LogP contribution in [-0.2, 0) is 5.54 Å². The Hall–Kier alpha value is -0.380. The van der Waals surface area contributed by atoms with Gasteiger partial charge in [0.25, 0.3) is 0 Å². The molecule has 2 rings (SSSR count). The van der Waals surface area contributed by atoms with E-state index in [0.717, 1.165) is 10.9 Å². The number of rotatable bonds is 5. The molecule has 1 atom stereocenters. The molecule has 1 saturated carbocycles. The summed E-state index contributed by atoms with van der Waals surface area (Å²) in [6, 6.07) is 8.43. The maximum atomic E-state index is 9.58. The van der Waals surface area contributed by atoms with Crippen LogP contribution in [-0.4, -0.2) is 17.8 Å². The molecule has 0 spiro atoms. The second-order valence-corrected chi connectivity index (χ2v) is 5.45. The largest absolute Gasteiger partial charge is 0.392 e. The zero-order valence-corrected chi connectivity index (χ0v) is 11.1. The molecule has 0 aromatic heterocycles. The molecule has 1 aromatic rings. The zero-order valence-electron chi connectivity index (χ0n) is 9.54. The lowest BCUT2D eigenvalue weighted by molar-refractivity contribution is 0.161. The Morgan fingerprint density at radius 3 is 2.81 bits per heavy atom. The number of benzene rings is 1. The number of nitrogens with one attached hydrogen (secondary N) is 1. The van der Waals surface area contributed by atoms with Gasteiger partial charge in [0.15, 0.2) is 0 Å². The van der Waals surface area contributed by atoms with Crippen molar-refractivity contribution in [3.8, 4) is 0 Å². The van der Waals surface area contributed by atoms with E-state index in [4.69, 9.17) is 0 Å². The highest BCUT2D eigenvalue weighted by Crippen LogP contribution is 2.45. The molecule has 2 N–H and O–H groups in total. The van der Waals surface area contributed by atoms with Gasteiger partial charge in [0.1, 0.15) is 0 Å². The van der Waals surface area contributed by atoms with Gasteiger partial charge in [0.2, 0.25) is 0 Å². The Balaban J connectivity index is 2.03. The molecule has 1 aromatic carbocycles. The van der Waals surface area contributed by atoms with Crippen molar-refractivity contribution in [1.29, 1.82) is 0 Å². The molecule has 0 aliphatic heterocycles. The Morgan fingerprint density at radius 2 is 2.25 bits per heavy atom. The first-order valence-electron chi connectivity index (χ1n) is 5.85. The van der Waals surface area contributed by atoms with Crippen LogP contribution in [0.4, 0.5) is 0 Å². The number of aliphatic hydroxyl groups is 1. The molecule has 16 heavy (non-hydrogen) atoms. The van der Waals surface area contributed by atoms with Crippen molar-refractivity contribution >= 4 is 15.9 Å². The number of hydrogen-bond donors (Lipinski definition) is 2. The maximum absolute atomic E-state index is 9.58. The first-order valence-corrected chi connectivity index (χ1v) is 6.65. The van der Waals surface area contributed by atoms with Crippen LogP contribution in [0.3, 0.4) is 0 Å². The monoisotopic (exact) mass is 283 g/mol. The van der Waals surface area contributed by atoms with E-state index in [1.54, 1.807) is 0 Å². The van der Waals surface area contributed by atoms with Gasteiger partial charge in [0, 0.05) is 16.6 Å². The van der Waals surface area contributed by atoms with Crippen molar-refractivity contribution in [2.24, 2.45) is 0 Å². The van der Waals surface area contributed by atoms with Crippen molar-refractivity contribution in [3.63, 3.8) is 0 Å². The Morgan fingerprint density at radius 1 is 1.50 bits per heavy atom. The third-order valence-electron chi connectivity index (χ3n) is 3.27. The van der Waals surface area contributed by atoms with E-state index >= 15 is 0 Å². The molecule has 2 nitrogen and oxygen atoms in total. The lowest BCUT2D eigenvalue weighted by Crippen LogP contribution is -2.35. The van der Waals surface area contributed by atoms with Crippen LogP contribution in [0.2, 0.25) is 0 Å². The molecule has 0 radical (unpaired) electrons. The summed E-state index contributed by atoms with van der Waals surface area (Å²) in [7, 11) is 0. The normalized spacial score (nSPS) is 19.4. The highest BCUT2D eigenvalue weighted by atomic mass is 79.9. The van der Waals surface area contributed by atoms with Gasteiger partial charge < -0.3 is 10.4 Å². The minimum atomic E-state index is -0.232. The number of aliphatic hydroxyl groups excluding tert-OH is 1. The van der Waals surface area contributed by atoms with E-state index in [0.29, 0.717) is 6.54 Å². The molecule has 0 bridgehead atoms. The topological polar surface area (TPSA) is 32.3 Å². The van der Waals surface area contributed by atoms with Crippen LogP contribution in [0, 0.1) is 0 Å². The van der Waals surface area contributed by atoms with Crippen molar-refractivity contribution in [2.45, 2.75) is 37.8 Å². The summed E-state index contributed by atoms with van der Waals surface area (Å²) in [5.74, 6) is 0. The van der Waals surface area contributed by atoms with E-state index in [-0.39, 0.29) is 11.6 Å². The molecule has 1 aliphatic carbocycles. The summed E-state index contributed by atoms with van der Waals surface area (Å²) in [5.41, 5.74) is 1.45. The summed E-state index contributed by atoms with van der Waals surface area (Å²) < 4.78 is 1.12. The van der Waals surface area contributed by atoms with Crippen LogP contribution in [0.1, 0.15) is 31.7 Å². The molecule has 0 amide bonds. The van der Waals surface area contributed by atoms with E-state index in [9.17, 15) is 5.11 Å². The van der Waals surface area contributed by atoms with E-state index < -0.39 is 0 Å². The van der Waals surface area contributed by atoms with Crippen molar-refractivity contribution in [2.75, 3.05) is 6.54 Å². The molecule has 0 heterocycles. The molecule has 1 fully saturated rings. The molecule has 3 heteroatoms. The van der Waals surface area contributed by atoms with E-state index in [1.807, 2.05) is 13.0 Å². The third kappa shape index (κ3) is 2.65. The molecular weight excluding hydrogens is 266 g/mol. The van der Waals surface area contributed by atoms with E-state index in [1.165, 1.54) is 18.4 Å². The van der Waals surface area contributed by atoms with Crippen molar-refractivity contribution in [1.82, 2.24) is 5.32 Å². The molecule has 1 aliphatic rings. The standard InChI is InChI=1S/C13H18BrNO/c1-2-12(16)9-15-13(6-7-13)10-4-3-5-11(14)8-10/h3-5,8,12,15-16H,2,6-7,9H2,1H3/t12-/m1/s1. The molecule has 0 unspecified atom stereocenters. The van der Waals surface area contributed by atoms with Crippen molar-refractivity contribution in [3.05, 3.63) is 34.3 Å². The van der Waals surface area contributed by atoms with Gasteiger partial charge in [-0.3, -0.25) is 0 Å². The van der Waals surface area contributed by atoms with Crippen LogP contribution in [0.25, 0.3) is 0 Å². The number of halogens is 1. The van der Waals surface area contributed by atoms with Gasteiger partial charge >= 0.3 is 0 Å². The Kier molecular flexibility index (Phi) is 3.67. The highest BCUT2D eigenvalue weighted by Gasteiger charge is 2.43. The van der Waals surface area contributed by atoms with Gasteiger partial charge in [0.05, 0.1) is 6.10 Å². The maximum Gasteiger partial charge on any atom is 0.0662 e. The van der Waals surface area contributed by atoms with Gasteiger partial charge in [-0.2, -0.15) is 0 Å². The quantitative estimate of drug-likeness (QED) is 0.871. The predicted octanol–water partition coefficient (Wildman–Crippen LogP) is 2.80. The summed E-state index contributed by atoms with van der Waals surface area (Å²) in [6.45, 7) is 2.69. The Labute approximate surface area is 105 Å². The second-order valence-electron chi connectivity index (χ2n) is 4.54. The molecular formula is C13H18BrNO. The fourth-order valence-corrected chi connectivity index (χ4v) is 2.34. The van der Waals surface area contributed by atoms with Crippen molar-refractivity contribution < 1.29 is 5.11 Å². The summed E-state index contributed by atoms with van der Waals surface area (Å²) in [5, 5.41) is 13.1. The summed E-state index contributed by atoms with van der Waals surface area (Å²) >= 11 is 3.50. The van der Waals surface area contributed by atoms with Crippen LogP contribution >= 0.6 is 15.9 Å². The first kappa shape index (κ1) is 12.1. The van der Waals surface area contributed by atoms with Crippen LogP contribution < -0.4 is 5.32 Å². The predicted molar refractivity (Wildman–Crippen MR) is 69.4 cm³/mol. The van der Waals surface area contributed by atoms with Gasteiger partial charge in [-0.1, -0.05) is 35.0 Å². The molecule has 0 saturated heterocycles. The highest BCUT2D eigenvalue weighted by molar-refractivity contribution is 9.10. The minimum absolute atomic E-state index is 0.125.